The highest BCUT2D eigenvalue weighted by molar-refractivity contribution is 9.10. The summed E-state index contributed by atoms with van der Waals surface area (Å²) in [4.78, 5) is 13.4. The van der Waals surface area contributed by atoms with E-state index in [0.29, 0.717) is 0 Å². The highest BCUT2D eigenvalue weighted by Crippen LogP contribution is 2.10. The highest BCUT2D eigenvalue weighted by Gasteiger charge is 2.18. The maximum atomic E-state index is 11.6. The maximum absolute atomic E-state index is 11.6. The number of nitrogens with zero attached hydrogens (tertiary/aromatic N) is 1. The molecule has 2 nitrogen and oxygen atoms in total. The Kier molecular flexibility index (Phi) is 7.14. The molecule has 0 bridgehead atoms. The van der Waals surface area contributed by atoms with E-state index in [0.717, 1.165) is 24.8 Å². The first kappa shape index (κ1) is 12.4. The molecular weight excluding hydrogens is 286 g/mol. The van der Waals surface area contributed by atoms with Gasteiger partial charge < -0.3 is 4.90 Å². The average Bonchev–Trinajstić information content (AvgIpc) is 2.07. The number of amides is 1. The maximum Gasteiger partial charge on any atom is 0.236 e. The molecule has 0 aromatic heterocycles. The number of hydrogen-bond acceptors (Lipinski definition) is 1. The van der Waals surface area contributed by atoms with Gasteiger partial charge in [0.05, 0.1) is 4.83 Å². The Morgan fingerprint density at radius 3 is 2.25 bits per heavy atom. The lowest BCUT2D eigenvalue weighted by Gasteiger charge is -2.21. The molecule has 0 fully saturated rings. The first-order chi connectivity index (χ1) is 5.67. The van der Waals surface area contributed by atoms with Crippen molar-refractivity contribution in [3.8, 4) is 0 Å². The summed E-state index contributed by atoms with van der Waals surface area (Å²) in [5, 5.41) is 0.857. The van der Waals surface area contributed by atoms with Crippen LogP contribution in [0.2, 0.25) is 0 Å². The van der Waals surface area contributed by atoms with Gasteiger partial charge in [0.1, 0.15) is 0 Å². The van der Waals surface area contributed by atoms with Gasteiger partial charge in [0.25, 0.3) is 0 Å². The summed E-state index contributed by atoms with van der Waals surface area (Å²) in [5.74, 6) is 0.194. The zero-order valence-electron chi connectivity index (χ0n) is 7.52. The summed E-state index contributed by atoms with van der Waals surface area (Å²) in [5.41, 5.74) is 0. The minimum absolute atomic E-state index is 0.0308. The first-order valence-electron chi connectivity index (χ1n) is 4.16. The van der Waals surface area contributed by atoms with Crippen LogP contribution in [0.4, 0.5) is 0 Å². The summed E-state index contributed by atoms with van der Waals surface area (Å²) < 4.78 is 0. The third-order valence-corrected chi connectivity index (χ3v) is 3.01. The Labute approximate surface area is 91.0 Å². The first-order valence-corrected chi connectivity index (χ1v) is 6.19. The van der Waals surface area contributed by atoms with Gasteiger partial charge in [-0.2, -0.15) is 0 Å². The molecule has 0 aromatic carbocycles. The molecule has 12 heavy (non-hydrogen) atoms. The third-order valence-electron chi connectivity index (χ3n) is 1.71. The molecule has 0 saturated heterocycles. The molecule has 0 heterocycles. The summed E-state index contributed by atoms with van der Waals surface area (Å²) in [6.45, 7) is 5.57. The molecule has 0 aromatic rings. The monoisotopic (exact) mass is 299 g/mol. The smallest absolute Gasteiger partial charge is 0.236 e. The second-order valence-corrected chi connectivity index (χ2v) is 4.35. The van der Waals surface area contributed by atoms with Gasteiger partial charge in [-0.1, -0.05) is 31.9 Å². The predicted octanol–water partition coefficient (Wildman–Crippen LogP) is 2.40. The standard InChI is InChI=1S/C8H15Br2NO/c1-3-11(4-2)8(12)7(10)5-6-9/h7H,3-6H2,1-2H3. The summed E-state index contributed by atoms with van der Waals surface area (Å²) in [7, 11) is 0. The largest absolute Gasteiger partial charge is 0.342 e. The van der Waals surface area contributed by atoms with Gasteiger partial charge in [0.15, 0.2) is 0 Å². The third kappa shape index (κ3) is 3.90. The van der Waals surface area contributed by atoms with Gasteiger partial charge in [-0.15, -0.1) is 0 Å². The highest BCUT2D eigenvalue weighted by atomic mass is 79.9. The van der Waals surface area contributed by atoms with Crippen molar-refractivity contribution in [2.45, 2.75) is 25.1 Å². The van der Waals surface area contributed by atoms with Crippen LogP contribution in [-0.4, -0.2) is 34.1 Å². The Balaban J connectivity index is 3.97. The molecule has 0 radical (unpaired) electrons. The molecule has 1 atom stereocenters. The van der Waals surface area contributed by atoms with Crippen molar-refractivity contribution >= 4 is 37.8 Å². The molecule has 0 rings (SSSR count). The van der Waals surface area contributed by atoms with Crippen LogP contribution in [0.3, 0.4) is 0 Å². The van der Waals surface area contributed by atoms with Gasteiger partial charge in [-0.25, -0.2) is 0 Å². The van der Waals surface area contributed by atoms with Crippen LogP contribution in [0.25, 0.3) is 0 Å². The number of carbonyl (C=O) groups is 1. The van der Waals surface area contributed by atoms with Crippen molar-refractivity contribution in [2.24, 2.45) is 0 Å². The lowest BCUT2D eigenvalue weighted by molar-refractivity contribution is -0.130. The zero-order chi connectivity index (χ0) is 9.56. The van der Waals surface area contributed by atoms with Crippen molar-refractivity contribution in [3.63, 3.8) is 0 Å². The Morgan fingerprint density at radius 2 is 1.92 bits per heavy atom. The molecule has 0 N–H and O–H groups in total. The number of hydrogen-bond donors (Lipinski definition) is 0. The fraction of sp³-hybridized carbons (Fsp3) is 0.875. The van der Waals surface area contributed by atoms with Crippen molar-refractivity contribution < 1.29 is 4.79 Å². The molecule has 0 spiro atoms. The number of alkyl halides is 2. The van der Waals surface area contributed by atoms with E-state index >= 15 is 0 Å². The number of rotatable bonds is 5. The normalized spacial score (nSPS) is 12.7. The minimum Gasteiger partial charge on any atom is -0.342 e. The molecule has 1 unspecified atom stereocenters. The van der Waals surface area contributed by atoms with E-state index in [1.807, 2.05) is 18.7 Å². The number of halogens is 2. The Hall–Kier alpha value is 0.430. The Morgan fingerprint density at radius 1 is 1.42 bits per heavy atom. The van der Waals surface area contributed by atoms with Crippen LogP contribution in [0.15, 0.2) is 0 Å². The van der Waals surface area contributed by atoms with Crippen molar-refractivity contribution in [2.75, 3.05) is 18.4 Å². The second kappa shape index (κ2) is 6.89. The van der Waals surface area contributed by atoms with Gasteiger partial charge in [0.2, 0.25) is 5.91 Å². The predicted molar refractivity (Wildman–Crippen MR) is 59.1 cm³/mol. The van der Waals surface area contributed by atoms with Gasteiger partial charge in [-0.3, -0.25) is 4.79 Å². The SMILES string of the molecule is CCN(CC)C(=O)C(Br)CCBr. The van der Waals surface area contributed by atoms with Gasteiger partial charge in [-0.05, 0) is 20.3 Å². The van der Waals surface area contributed by atoms with Crippen LogP contribution in [0.1, 0.15) is 20.3 Å². The molecule has 4 heteroatoms. The molecule has 1 amide bonds. The number of carbonyl (C=O) groups excluding carboxylic acids is 1. The quantitative estimate of drug-likeness (QED) is 0.714. The van der Waals surface area contributed by atoms with Crippen molar-refractivity contribution in [3.05, 3.63) is 0 Å². The molecule has 0 aliphatic rings. The summed E-state index contributed by atoms with van der Waals surface area (Å²) in [6.07, 6.45) is 0.843. The van der Waals surface area contributed by atoms with E-state index < -0.39 is 0 Å². The summed E-state index contributed by atoms with van der Waals surface area (Å²) in [6, 6.07) is 0. The van der Waals surface area contributed by atoms with E-state index in [-0.39, 0.29) is 10.7 Å². The fourth-order valence-electron chi connectivity index (χ4n) is 0.953. The van der Waals surface area contributed by atoms with Crippen LogP contribution in [0.5, 0.6) is 0 Å². The average molecular weight is 301 g/mol. The van der Waals surface area contributed by atoms with Crippen LogP contribution in [0, 0.1) is 0 Å². The van der Waals surface area contributed by atoms with E-state index in [9.17, 15) is 4.79 Å². The fourth-order valence-corrected chi connectivity index (χ4v) is 2.54. The van der Waals surface area contributed by atoms with E-state index in [4.69, 9.17) is 0 Å². The van der Waals surface area contributed by atoms with Crippen LogP contribution in [-0.2, 0) is 4.79 Å². The van der Waals surface area contributed by atoms with Crippen molar-refractivity contribution in [1.29, 1.82) is 0 Å². The topological polar surface area (TPSA) is 20.3 Å². The molecule has 0 aliphatic carbocycles. The van der Waals surface area contributed by atoms with E-state index in [1.54, 1.807) is 0 Å². The van der Waals surface area contributed by atoms with Crippen molar-refractivity contribution in [1.82, 2.24) is 4.90 Å². The molecule has 72 valence electrons. The lowest BCUT2D eigenvalue weighted by atomic mass is 10.3. The van der Waals surface area contributed by atoms with Gasteiger partial charge in [0, 0.05) is 18.4 Å². The zero-order valence-corrected chi connectivity index (χ0v) is 10.7. The molecule has 0 saturated carbocycles. The Bertz CT molecular complexity index is 137. The van der Waals surface area contributed by atoms with E-state index in [1.165, 1.54) is 0 Å². The summed E-state index contributed by atoms with van der Waals surface area (Å²) >= 11 is 6.67. The van der Waals surface area contributed by atoms with Crippen LogP contribution < -0.4 is 0 Å². The van der Waals surface area contributed by atoms with Gasteiger partial charge >= 0.3 is 0 Å². The lowest BCUT2D eigenvalue weighted by Crippen LogP contribution is -2.36. The minimum atomic E-state index is -0.0308. The van der Waals surface area contributed by atoms with E-state index in [2.05, 4.69) is 31.9 Å². The van der Waals surface area contributed by atoms with Crippen LogP contribution >= 0.6 is 31.9 Å². The second-order valence-electron chi connectivity index (χ2n) is 2.46. The molecule has 0 aliphatic heterocycles. The molecular formula is C8H15Br2NO.